The summed E-state index contributed by atoms with van der Waals surface area (Å²) in [6.45, 7) is 0.756. The molecule has 3 aromatic rings. The highest BCUT2D eigenvalue weighted by atomic mass is 16.4. The van der Waals surface area contributed by atoms with Crippen molar-refractivity contribution in [3.63, 3.8) is 0 Å². The van der Waals surface area contributed by atoms with Crippen molar-refractivity contribution in [2.75, 3.05) is 0 Å². The van der Waals surface area contributed by atoms with Crippen LogP contribution in [0.15, 0.2) is 43.0 Å². The highest BCUT2D eigenvalue weighted by Gasteiger charge is 2.25. The van der Waals surface area contributed by atoms with Gasteiger partial charge in [-0.25, -0.2) is 9.78 Å². The second kappa shape index (κ2) is 4.48. The molecule has 1 aliphatic carbocycles. The molecule has 2 aromatic heterocycles. The maximum absolute atomic E-state index is 11.0. The summed E-state index contributed by atoms with van der Waals surface area (Å²) in [5.74, 6) is -0.892. The fourth-order valence-corrected chi connectivity index (χ4v) is 2.78. The highest BCUT2D eigenvalue weighted by Crippen LogP contribution is 2.35. The molecule has 1 N–H and O–H groups in total. The highest BCUT2D eigenvalue weighted by molar-refractivity contribution is 5.93. The van der Waals surface area contributed by atoms with Crippen LogP contribution in [-0.2, 0) is 6.54 Å². The lowest BCUT2D eigenvalue weighted by Gasteiger charge is -2.09. The number of benzene rings is 1. The summed E-state index contributed by atoms with van der Waals surface area (Å²) in [5, 5.41) is 10.00. The monoisotopic (exact) mass is 281 g/mol. The van der Waals surface area contributed by atoms with Gasteiger partial charge in [0.25, 0.3) is 0 Å². The molecule has 1 fully saturated rings. The summed E-state index contributed by atoms with van der Waals surface area (Å²) in [5.41, 5.74) is 2.56. The first-order valence-electron chi connectivity index (χ1n) is 7.05. The second-order valence-corrected chi connectivity index (χ2v) is 5.55. The molecule has 0 atom stereocenters. The molecule has 106 valence electrons. The Morgan fingerprint density at radius 2 is 2.19 bits per heavy atom. The minimum Gasteiger partial charge on any atom is -0.478 e. The van der Waals surface area contributed by atoms with Crippen molar-refractivity contribution in [1.82, 2.24) is 14.1 Å². The molecule has 4 rings (SSSR count). The smallest absolute Gasteiger partial charge is 0.335 e. The van der Waals surface area contributed by atoms with Crippen molar-refractivity contribution in [2.24, 2.45) is 0 Å². The zero-order valence-electron chi connectivity index (χ0n) is 11.4. The molecule has 2 heterocycles. The van der Waals surface area contributed by atoms with Gasteiger partial charge in [0.1, 0.15) is 0 Å². The van der Waals surface area contributed by atoms with E-state index in [1.54, 1.807) is 12.1 Å². The Morgan fingerprint density at radius 3 is 2.95 bits per heavy atom. The van der Waals surface area contributed by atoms with E-state index in [1.807, 2.05) is 30.9 Å². The summed E-state index contributed by atoms with van der Waals surface area (Å²) >= 11 is 0. The van der Waals surface area contributed by atoms with Crippen LogP contribution in [0.1, 0.15) is 34.9 Å². The molecule has 5 nitrogen and oxygen atoms in total. The van der Waals surface area contributed by atoms with Crippen LogP contribution in [0.2, 0.25) is 0 Å². The standard InChI is InChI=1S/C16H15N3O2/c20-16(21)12-1-4-15-11(7-12)5-6-18(15)9-14-8-17-10-19(14)13-2-3-13/h1,4-8,10,13H,2-3,9H2,(H,20,21). The zero-order chi connectivity index (χ0) is 14.4. The first kappa shape index (κ1) is 12.2. The largest absolute Gasteiger partial charge is 0.478 e. The van der Waals surface area contributed by atoms with Crippen molar-refractivity contribution < 1.29 is 9.90 Å². The fraction of sp³-hybridized carbons (Fsp3) is 0.250. The van der Waals surface area contributed by atoms with Gasteiger partial charge in [0.2, 0.25) is 0 Å². The molecular formula is C16H15N3O2. The third kappa shape index (κ3) is 2.11. The van der Waals surface area contributed by atoms with Gasteiger partial charge >= 0.3 is 5.97 Å². The molecule has 0 spiro atoms. The quantitative estimate of drug-likeness (QED) is 0.800. The molecule has 21 heavy (non-hydrogen) atoms. The molecule has 0 bridgehead atoms. The van der Waals surface area contributed by atoms with E-state index in [-0.39, 0.29) is 0 Å². The molecule has 0 aliphatic heterocycles. The van der Waals surface area contributed by atoms with Crippen LogP contribution in [0.5, 0.6) is 0 Å². The van der Waals surface area contributed by atoms with Gasteiger partial charge < -0.3 is 14.2 Å². The Kier molecular flexibility index (Phi) is 2.60. The number of rotatable bonds is 4. The molecule has 0 amide bonds. The minimum atomic E-state index is -0.892. The van der Waals surface area contributed by atoms with Crippen LogP contribution < -0.4 is 0 Å². The molecule has 0 saturated heterocycles. The van der Waals surface area contributed by atoms with Gasteiger partial charge in [-0.1, -0.05) is 0 Å². The van der Waals surface area contributed by atoms with E-state index in [0.717, 1.165) is 17.4 Å². The van der Waals surface area contributed by atoms with Gasteiger partial charge in [-0.05, 0) is 37.1 Å². The Morgan fingerprint density at radius 1 is 1.33 bits per heavy atom. The van der Waals surface area contributed by atoms with Gasteiger partial charge in [0.15, 0.2) is 0 Å². The number of fused-ring (bicyclic) bond motifs is 1. The van der Waals surface area contributed by atoms with Gasteiger partial charge in [0, 0.05) is 29.3 Å². The number of nitrogens with zero attached hydrogens (tertiary/aromatic N) is 3. The summed E-state index contributed by atoms with van der Waals surface area (Å²) in [6.07, 6.45) is 8.28. The van der Waals surface area contributed by atoms with E-state index >= 15 is 0 Å². The lowest BCUT2D eigenvalue weighted by Crippen LogP contribution is -2.05. The molecule has 1 aliphatic rings. The van der Waals surface area contributed by atoms with Crippen LogP contribution in [0.3, 0.4) is 0 Å². The number of aromatic nitrogens is 3. The maximum Gasteiger partial charge on any atom is 0.335 e. The van der Waals surface area contributed by atoms with Crippen LogP contribution in [-0.4, -0.2) is 25.2 Å². The normalized spacial score (nSPS) is 14.7. The van der Waals surface area contributed by atoms with E-state index in [0.29, 0.717) is 11.6 Å². The first-order valence-corrected chi connectivity index (χ1v) is 7.05. The van der Waals surface area contributed by atoms with E-state index in [9.17, 15) is 4.79 Å². The molecule has 0 radical (unpaired) electrons. The molecule has 1 aromatic carbocycles. The van der Waals surface area contributed by atoms with E-state index in [2.05, 4.69) is 14.1 Å². The minimum absolute atomic E-state index is 0.322. The average Bonchev–Trinajstić information content (AvgIpc) is 3.09. The van der Waals surface area contributed by atoms with Crippen molar-refractivity contribution in [2.45, 2.75) is 25.4 Å². The fourth-order valence-electron chi connectivity index (χ4n) is 2.78. The van der Waals surface area contributed by atoms with E-state index < -0.39 is 5.97 Å². The second-order valence-electron chi connectivity index (χ2n) is 5.55. The Hall–Kier alpha value is -2.56. The summed E-state index contributed by atoms with van der Waals surface area (Å²) in [7, 11) is 0. The predicted molar refractivity (Wildman–Crippen MR) is 78.5 cm³/mol. The van der Waals surface area contributed by atoms with Gasteiger partial charge in [-0.3, -0.25) is 0 Å². The number of carboxylic acids is 1. The van der Waals surface area contributed by atoms with Crippen LogP contribution in [0, 0.1) is 0 Å². The lowest BCUT2D eigenvalue weighted by atomic mass is 10.1. The van der Waals surface area contributed by atoms with Crippen molar-refractivity contribution in [3.05, 3.63) is 54.2 Å². The lowest BCUT2D eigenvalue weighted by molar-refractivity contribution is 0.0697. The summed E-state index contributed by atoms with van der Waals surface area (Å²) in [6, 6.07) is 7.81. The van der Waals surface area contributed by atoms with E-state index in [1.165, 1.54) is 18.5 Å². The topological polar surface area (TPSA) is 60.0 Å². The maximum atomic E-state index is 11.0. The Labute approximate surface area is 121 Å². The third-order valence-corrected chi connectivity index (χ3v) is 4.04. The number of hydrogen-bond acceptors (Lipinski definition) is 2. The number of aromatic carboxylic acids is 1. The van der Waals surface area contributed by atoms with Crippen molar-refractivity contribution in [3.8, 4) is 0 Å². The number of carboxylic acid groups (broad SMARTS) is 1. The van der Waals surface area contributed by atoms with Gasteiger partial charge in [-0.2, -0.15) is 0 Å². The number of imidazole rings is 1. The Balaban J connectivity index is 1.70. The van der Waals surface area contributed by atoms with E-state index in [4.69, 9.17) is 5.11 Å². The number of hydrogen-bond donors (Lipinski definition) is 1. The molecule has 0 unspecified atom stereocenters. The molecular weight excluding hydrogens is 266 g/mol. The number of carbonyl (C=O) groups is 1. The zero-order valence-corrected chi connectivity index (χ0v) is 11.4. The first-order chi connectivity index (χ1) is 10.2. The van der Waals surface area contributed by atoms with Crippen LogP contribution >= 0.6 is 0 Å². The summed E-state index contributed by atoms with van der Waals surface area (Å²) in [4.78, 5) is 15.3. The molecule has 5 heteroatoms. The van der Waals surface area contributed by atoms with Crippen molar-refractivity contribution in [1.29, 1.82) is 0 Å². The van der Waals surface area contributed by atoms with Gasteiger partial charge in [0.05, 0.1) is 24.1 Å². The van der Waals surface area contributed by atoms with Crippen molar-refractivity contribution >= 4 is 16.9 Å². The van der Waals surface area contributed by atoms with Gasteiger partial charge in [-0.15, -0.1) is 0 Å². The summed E-state index contributed by atoms with van der Waals surface area (Å²) < 4.78 is 4.38. The SMILES string of the molecule is O=C(O)c1ccc2c(ccn2Cc2cncn2C2CC2)c1. The predicted octanol–water partition coefficient (Wildman–Crippen LogP) is 2.92. The van der Waals surface area contributed by atoms with Crippen LogP contribution in [0.4, 0.5) is 0 Å². The Bertz CT molecular complexity index is 827. The third-order valence-electron chi connectivity index (χ3n) is 4.04. The average molecular weight is 281 g/mol. The molecule has 1 saturated carbocycles. The van der Waals surface area contributed by atoms with Crippen LogP contribution in [0.25, 0.3) is 10.9 Å².